The lowest BCUT2D eigenvalue weighted by Gasteiger charge is -2.29. The lowest BCUT2D eigenvalue weighted by Crippen LogP contribution is -2.44. The molecule has 1 amide bonds. The maximum Gasteiger partial charge on any atom is 0.267 e. The number of thioether (sulfide) groups is 1. The molecule has 1 atom stereocenters. The summed E-state index contributed by atoms with van der Waals surface area (Å²) in [5.74, 6) is 0.0621. The number of ether oxygens (including phenoxy) is 1. The monoisotopic (exact) mass is 455 g/mol. The van der Waals surface area contributed by atoms with Gasteiger partial charge in [0, 0.05) is 18.0 Å². The highest BCUT2D eigenvalue weighted by Crippen LogP contribution is 2.36. The second kappa shape index (κ2) is 8.41. The Labute approximate surface area is 189 Å². The number of nitrogens with zero attached hydrogens (tertiary/aromatic N) is 3. The van der Waals surface area contributed by atoms with E-state index in [0.717, 1.165) is 40.7 Å². The Hall–Kier alpha value is -2.16. The quantitative estimate of drug-likeness (QED) is 0.444. The number of thiophene rings is 1. The fourth-order valence-corrected chi connectivity index (χ4v) is 6.66. The van der Waals surface area contributed by atoms with Crippen LogP contribution >= 0.6 is 23.1 Å². The summed E-state index contributed by atoms with van der Waals surface area (Å²) >= 11 is 3.00. The van der Waals surface area contributed by atoms with Crippen LogP contribution in [0.15, 0.2) is 34.2 Å². The van der Waals surface area contributed by atoms with Crippen molar-refractivity contribution >= 4 is 39.2 Å². The van der Waals surface area contributed by atoms with Gasteiger partial charge < -0.3 is 9.64 Å². The number of rotatable bonds is 4. The van der Waals surface area contributed by atoms with Crippen LogP contribution in [0.3, 0.4) is 0 Å². The maximum absolute atomic E-state index is 13.7. The second-order valence-corrected chi connectivity index (χ2v) is 10.5. The molecule has 0 spiro atoms. The van der Waals surface area contributed by atoms with Crippen molar-refractivity contribution in [3.8, 4) is 5.69 Å². The summed E-state index contributed by atoms with van der Waals surface area (Å²) in [6.07, 6.45) is 3.07. The van der Waals surface area contributed by atoms with Gasteiger partial charge >= 0.3 is 0 Å². The molecule has 5 rings (SSSR count). The fourth-order valence-electron chi connectivity index (χ4n) is 4.35. The molecule has 3 aromatic rings. The molecule has 2 aromatic heterocycles. The van der Waals surface area contributed by atoms with Gasteiger partial charge in [-0.15, -0.1) is 11.3 Å². The van der Waals surface area contributed by atoms with Crippen LogP contribution in [0.4, 0.5) is 0 Å². The zero-order valence-corrected chi connectivity index (χ0v) is 19.4. The first-order chi connectivity index (χ1) is 15.0. The second-order valence-electron chi connectivity index (χ2n) is 8.11. The molecule has 162 valence electrons. The zero-order chi connectivity index (χ0) is 21.5. The molecule has 31 heavy (non-hydrogen) atoms. The van der Waals surface area contributed by atoms with Gasteiger partial charge in [-0.25, -0.2) is 4.98 Å². The molecule has 2 aliphatic rings. The number of hydrogen-bond acceptors (Lipinski definition) is 6. The van der Waals surface area contributed by atoms with Crippen LogP contribution < -0.4 is 5.56 Å². The average molecular weight is 456 g/mol. The maximum atomic E-state index is 13.7. The zero-order valence-electron chi connectivity index (χ0n) is 17.7. The first-order valence-corrected chi connectivity index (χ1v) is 12.4. The molecule has 0 saturated carbocycles. The Kier molecular flexibility index (Phi) is 5.62. The van der Waals surface area contributed by atoms with Crippen molar-refractivity contribution in [2.75, 3.05) is 26.3 Å². The highest BCUT2D eigenvalue weighted by Gasteiger charge is 2.28. The summed E-state index contributed by atoms with van der Waals surface area (Å²) in [6.45, 7) is 6.27. The van der Waals surface area contributed by atoms with Gasteiger partial charge in [-0.2, -0.15) is 0 Å². The first-order valence-electron chi connectivity index (χ1n) is 10.7. The molecular weight excluding hydrogens is 430 g/mol. The Morgan fingerprint density at radius 2 is 2.06 bits per heavy atom. The lowest BCUT2D eigenvalue weighted by molar-refractivity contribution is -0.134. The third-order valence-corrected chi connectivity index (χ3v) is 8.15. The molecule has 0 radical (unpaired) electrons. The highest BCUT2D eigenvalue weighted by molar-refractivity contribution is 8.00. The van der Waals surface area contributed by atoms with Crippen molar-refractivity contribution in [3.05, 3.63) is 50.6 Å². The SMILES string of the molecule is Cc1cccc(-n2c(S[C@@H](C)C(=O)N3CCOCC3)nc3sc4c(c3c2=O)CCC4)c1. The third-order valence-electron chi connectivity index (χ3n) is 5.92. The normalized spacial score (nSPS) is 17.2. The molecule has 1 aliphatic heterocycles. The van der Waals surface area contributed by atoms with Crippen molar-refractivity contribution in [2.24, 2.45) is 0 Å². The number of aromatic nitrogens is 2. The van der Waals surface area contributed by atoms with E-state index in [9.17, 15) is 9.59 Å². The molecule has 0 bridgehead atoms. The van der Waals surface area contributed by atoms with Crippen molar-refractivity contribution in [3.63, 3.8) is 0 Å². The summed E-state index contributed by atoms with van der Waals surface area (Å²) in [6, 6.07) is 7.91. The molecule has 0 unspecified atom stereocenters. The molecule has 8 heteroatoms. The van der Waals surface area contributed by atoms with E-state index < -0.39 is 0 Å². The lowest BCUT2D eigenvalue weighted by atomic mass is 10.2. The van der Waals surface area contributed by atoms with E-state index in [1.807, 2.05) is 43.0 Å². The van der Waals surface area contributed by atoms with E-state index in [1.54, 1.807) is 15.9 Å². The standard InChI is InChI=1S/C23H25N3O3S2/c1-14-5-3-6-16(13-14)26-22(28)19-17-7-4-8-18(17)31-20(19)24-23(26)30-15(2)21(27)25-9-11-29-12-10-25/h3,5-6,13,15H,4,7-12H2,1-2H3/t15-/m0/s1. The number of morpholine rings is 1. The van der Waals surface area contributed by atoms with Crippen molar-refractivity contribution < 1.29 is 9.53 Å². The van der Waals surface area contributed by atoms with Crippen LogP contribution in [0, 0.1) is 6.92 Å². The van der Waals surface area contributed by atoms with Crippen LogP contribution in [-0.2, 0) is 22.4 Å². The predicted molar refractivity (Wildman–Crippen MR) is 125 cm³/mol. The van der Waals surface area contributed by atoms with Crippen molar-refractivity contribution in [2.45, 2.75) is 43.5 Å². The Morgan fingerprint density at radius 1 is 1.26 bits per heavy atom. The molecule has 1 saturated heterocycles. The third kappa shape index (κ3) is 3.81. The van der Waals surface area contributed by atoms with Gasteiger partial charge in [0.25, 0.3) is 5.56 Å². The van der Waals surface area contributed by atoms with Crippen molar-refractivity contribution in [1.29, 1.82) is 0 Å². The van der Waals surface area contributed by atoms with E-state index in [1.165, 1.54) is 22.2 Å². The minimum absolute atomic E-state index is 0.0245. The molecule has 3 heterocycles. The molecule has 6 nitrogen and oxygen atoms in total. The predicted octanol–water partition coefficient (Wildman–Crippen LogP) is 3.58. The van der Waals surface area contributed by atoms with Crippen LogP contribution in [0.25, 0.3) is 15.9 Å². The van der Waals surface area contributed by atoms with E-state index in [-0.39, 0.29) is 16.7 Å². The summed E-state index contributed by atoms with van der Waals surface area (Å²) in [5, 5.41) is 0.998. The minimum atomic E-state index is -0.342. The number of fused-ring (bicyclic) bond motifs is 3. The van der Waals surface area contributed by atoms with E-state index in [0.29, 0.717) is 31.5 Å². The molecule has 1 aromatic carbocycles. The smallest absolute Gasteiger partial charge is 0.267 e. The van der Waals surface area contributed by atoms with Gasteiger partial charge in [0.15, 0.2) is 5.16 Å². The summed E-state index contributed by atoms with van der Waals surface area (Å²) in [5.41, 5.74) is 3.02. The van der Waals surface area contributed by atoms with Gasteiger partial charge in [0.2, 0.25) is 5.91 Å². The van der Waals surface area contributed by atoms with Crippen LogP contribution in [-0.4, -0.2) is 51.9 Å². The van der Waals surface area contributed by atoms with Crippen LogP contribution in [0.5, 0.6) is 0 Å². The number of carbonyl (C=O) groups excluding carboxylic acids is 1. The Balaban J connectivity index is 1.60. The number of benzene rings is 1. The van der Waals surface area contributed by atoms with Gasteiger partial charge in [-0.05, 0) is 56.4 Å². The summed E-state index contributed by atoms with van der Waals surface area (Å²) in [4.78, 5) is 35.6. The summed E-state index contributed by atoms with van der Waals surface area (Å²) in [7, 11) is 0. The van der Waals surface area contributed by atoms with Crippen LogP contribution in [0.2, 0.25) is 0 Å². The van der Waals surface area contributed by atoms with E-state index >= 15 is 0 Å². The number of aryl methyl sites for hydroxylation is 3. The van der Waals surface area contributed by atoms with Gasteiger partial charge in [0.1, 0.15) is 4.83 Å². The molecule has 0 N–H and O–H groups in total. The number of carbonyl (C=O) groups is 1. The van der Waals surface area contributed by atoms with Crippen molar-refractivity contribution in [1.82, 2.24) is 14.5 Å². The van der Waals surface area contributed by atoms with Crippen LogP contribution in [0.1, 0.15) is 29.3 Å². The molecular formula is C23H25N3O3S2. The summed E-state index contributed by atoms with van der Waals surface area (Å²) < 4.78 is 7.08. The van der Waals surface area contributed by atoms with Gasteiger partial charge in [0.05, 0.1) is 29.5 Å². The largest absolute Gasteiger partial charge is 0.378 e. The van der Waals surface area contributed by atoms with Gasteiger partial charge in [-0.3, -0.25) is 14.2 Å². The molecule has 1 aliphatic carbocycles. The number of hydrogen-bond donors (Lipinski definition) is 0. The Bertz CT molecular complexity index is 1210. The topological polar surface area (TPSA) is 64.4 Å². The minimum Gasteiger partial charge on any atom is -0.378 e. The Morgan fingerprint density at radius 3 is 2.84 bits per heavy atom. The van der Waals surface area contributed by atoms with E-state index in [4.69, 9.17) is 9.72 Å². The highest BCUT2D eigenvalue weighted by atomic mass is 32.2. The number of amides is 1. The molecule has 1 fully saturated rings. The fraction of sp³-hybridized carbons (Fsp3) is 0.435. The first kappa shape index (κ1) is 20.7. The average Bonchev–Trinajstić information content (AvgIpc) is 3.35. The van der Waals surface area contributed by atoms with E-state index in [2.05, 4.69) is 0 Å². The van der Waals surface area contributed by atoms with Gasteiger partial charge in [-0.1, -0.05) is 23.9 Å².